The van der Waals surface area contributed by atoms with Crippen molar-refractivity contribution < 1.29 is 19.4 Å². The fraction of sp³-hybridized carbons (Fsp3) is 0.800. The summed E-state index contributed by atoms with van der Waals surface area (Å²) in [6.45, 7) is 4.56. The first-order valence-electron chi connectivity index (χ1n) is 5.19. The Balaban J connectivity index is 3.98. The van der Waals surface area contributed by atoms with E-state index in [9.17, 15) is 9.59 Å². The molecule has 0 fully saturated rings. The number of hydrogen-bond donors (Lipinski definition) is 1. The molecule has 0 bridgehead atoms. The Hall–Kier alpha value is -1.10. The van der Waals surface area contributed by atoms with Crippen LogP contribution in [0.3, 0.4) is 0 Å². The normalized spacial score (nSPS) is 10.0. The minimum atomic E-state index is -0.993. The molecular weight excluding hydrogens is 198 g/mol. The summed E-state index contributed by atoms with van der Waals surface area (Å²) >= 11 is 0. The van der Waals surface area contributed by atoms with E-state index in [2.05, 4.69) is 0 Å². The number of carbonyl (C=O) groups excluding carboxylic acids is 1. The zero-order chi connectivity index (χ0) is 11.7. The van der Waals surface area contributed by atoms with E-state index in [1.54, 1.807) is 0 Å². The number of amides is 1. The van der Waals surface area contributed by atoms with Crippen molar-refractivity contribution in [3.8, 4) is 0 Å². The van der Waals surface area contributed by atoms with Gasteiger partial charge in [0, 0.05) is 13.2 Å². The maximum Gasteiger partial charge on any atom is 0.323 e. The Kier molecular flexibility index (Phi) is 7.62. The van der Waals surface area contributed by atoms with E-state index in [-0.39, 0.29) is 19.1 Å². The van der Waals surface area contributed by atoms with E-state index in [0.717, 1.165) is 12.8 Å². The van der Waals surface area contributed by atoms with Crippen LogP contribution in [0, 0.1) is 0 Å². The molecule has 1 amide bonds. The fourth-order valence-electron chi connectivity index (χ4n) is 1.12. The number of aliphatic carboxylic acids is 1. The van der Waals surface area contributed by atoms with Crippen LogP contribution in [0.1, 0.15) is 26.7 Å². The number of rotatable bonds is 8. The highest BCUT2D eigenvalue weighted by Gasteiger charge is 2.15. The second kappa shape index (κ2) is 8.23. The number of carbonyl (C=O) groups is 2. The SMILES string of the molecule is CCCOCC(=O)N(CCC)CC(=O)O. The molecule has 0 unspecified atom stereocenters. The highest BCUT2D eigenvalue weighted by atomic mass is 16.5. The van der Waals surface area contributed by atoms with Crippen molar-refractivity contribution in [3.05, 3.63) is 0 Å². The van der Waals surface area contributed by atoms with Gasteiger partial charge in [0.25, 0.3) is 0 Å². The lowest BCUT2D eigenvalue weighted by Crippen LogP contribution is -2.38. The maximum atomic E-state index is 11.5. The molecule has 0 aliphatic rings. The van der Waals surface area contributed by atoms with Crippen LogP contribution in [0.2, 0.25) is 0 Å². The van der Waals surface area contributed by atoms with Gasteiger partial charge >= 0.3 is 5.97 Å². The van der Waals surface area contributed by atoms with Gasteiger partial charge in [0.1, 0.15) is 13.2 Å². The minimum Gasteiger partial charge on any atom is -0.480 e. The molecule has 88 valence electrons. The van der Waals surface area contributed by atoms with Crippen LogP contribution in [0.4, 0.5) is 0 Å². The summed E-state index contributed by atoms with van der Waals surface area (Å²) in [6.07, 6.45) is 1.59. The second-order valence-electron chi connectivity index (χ2n) is 3.26. The van der Waals surface area contributed by atoms with Gasteiger partial charge in [-0.05, 0) is 12.8 Å². The van der Waals surface area contributed by atoms with E-state index in [1.165, 1.54) is 4.90 Å². The first-order chi connectivity index (χ1) is 7.11. The van der Waals surface area contributed by atoms with Crippen LogP contribution in [0.15, 0.2) is 0 Å². The van der Waals surface area contributed by atoms with Crippen LogP contribution in [-0.4, -0.2) is 48.2 Å². The Labute approximate surface area is 90.0 Å². The molecule has 0 aromatic rings. The zero-order valence-corrected chi connectivity index (χ0v) is 9.36. The molecule has 0 aliphatic carbocycles. The van der Waals surface area contributed by atoms with Crippen molar-refractivity contribution in [2.24, 2.45) is 0 Å². The number of nitrogens with zero attached hydrogens (tertiary/aromatic N) is 1. The predicted octanol–water partition coefficient (Wildman–Crippen LogP) is 0.736. The molecule has 0 heterocycles. The monoisotopic (exact) mass is 217 g/mol. The standard InChI is InChI=1S/C10H19NO4/c1-3-5-11(7-10(13)14)9(12)8-15-6-4-2/h3-8H2,1-2H3,(H,13,14). The van der Waals surface area contributed by atoms with Crippen molar-refractivity contribution in [1.29, 1.82) is 0 Å². The lowest BCUT2D eigenvalue weighted by Gasteiger charge is -2.19. The van der Waals surface area contributed by atoms with Crippen molar-refractivity contribution in [2.75, 3.05) is 26.3 Å². The average Bonchev–Trinajstić information content (AvgIpc) is 2.17. The summed E-state index contributed by atoms with van der Waals surface area (Å²) in [5.74, 6) is -1.25. The number of ether oxygens (including phenoxy) is 1. The molecule has 1 N–H and O–H groups in total. The van der Waals surface area contributed by atoms with E-state index < -0.39 is 5.97 Å². The third kappa shape index (κ3) is 6.90. The Morgan fingerprint density at radius 2 is 1.93 bits per heavy atom. The van der Waals surface area contributed by atoms with Gasteiger partial charge in [-0.2, -0.15) is 0 Å². The van der Waals surface area contributed by atoms with Crippen LogP contribution in [0.5, 0.6) is 0 Å². The zero-order valence-electron chi connectivity index (χ0n) is 9.36. The van der Waals surface area contributed by atoms with Gasteiger partial charge in [0.2, 0.25) is 5.91 Å². The third-order valence-electron chi connectivity index (χ3n) is 1.75. The molecule has 0 radical (unpaired) electrons. The van der Waals surface area contributed by atoms with Crippen LogP contribution in [0.25, 0.3) is 0 Å². The van der Waals surface area contributed by atoms with Crippen molar-refractivity contribution in [3.63, 3.8) is 0 Å². The summed E-state index contributed by atoms with van der Waals surface area (Å²) in [5.41, 5.74) is 0. The third-order valence-corrected chi connectivity index (χ3v) is 1.75. The Morgan fingerprint density at radius 3 is 2.40 bits per heavy atom. The van der Waals surface area contributed by atoms with E-state index in [0.29, 0.717) is 13.2 Å². The van der Waals surface area contributed by atoms with Gasteiger partial charge in [-0.15, -0.1) is 0 Å². The van der Waals surface area contributed by atoms with E-state index >= 15 is 0 Å². The topological polar surface area (TPSA) is 66.8 Å². The molecule has 0 atom stereocenters. The summed E-state index contributed by atoms with van der Waals surface area (Å²) in [6, 6.07) is 0. The smallest absolute Gasteiger partial charge is 0.323 e. The lowest BCUT2D eigenvalue weighted by atomic mass is 10.4. The molecule has 0 spiro atoms. The van der Waals surface area contributed by atoms with E-state index in [1.807, 2.05) is 13.8 Å². The van der Waals surface area contributed by atoms with Crippen LogP contribution >= 0.6 is 0 Å². The predicted molar refractivity (Wildman–Crippen MR) is 55.6 cm³/mol. The van der Waals surface area contributed by atoms with Crippen molar-refractivity contribution in [1.82, 2.24) is 4.90 Å². The summed E-state index contributed by atoms with van der Waals surface area (Å²) in [5, 5.41) is 8.60. The first kappa shape index (κ1) is 13.9. The first-order valence-corrected chi connectivity index (χ1v) is 5.19. The summed E-state index contributed by atoms with van der Waals surface area (Å²) in [4.78, 5) is 23.3. The molecule has 0 rings (SSSR count). The number of carboxylic acid groups (broad SMARTS) is 1. The Bertz CT molecular complexity index is 206. The van der Waals surface area contributed by atoms with E-state index in [4.69, 9.17) is 9.84 Å². The van der Waals surface area contributed by atoms with Gasteiger partial charge in [-0.3, -0.25) is 9.59 Å². The average molecular weight is 217 g/mol. The van der Waals surface area contributed by atoms with Gasteiger partial charge in [-0.1, -0.05) is 13.8 Å². The molecule has 0 aromatic carbocycles. The quantitative estimate of drug-likeness (QED) is 0.609. The molecule has 0 saturated heterocycles. The number of carboxylic acids is 1. The molecule has 5 heteroatoms. The van der Waals surface area contributed by atoms with Gasteiger partial charge in [0.05, 0.1) is 0 Å². The van der Waals surface area contributed by atoms with Gasteiger partial charge in [-0.25, -0.2) is 0 Å². The molecule has 15 heavy (non-hydrogen) atoms. The Morgan fingerprint density at radius 1 is 1.27 bits per heavy atom. The minimum absolute atomic E-state index is 0.0267. The molecule has 0 aliphatic heterocycles. The van der Waals surface area contributed by atoms with Crippen LogP contribution < -0.4 is 0 Å². The summed E-state index contributed by atoms with van der Waals surface area (Å²) < 4.78 is 5.07. The molecule has 0 aromatic heterocycles. The van der Waals surface area contributed by atoms with Gasteiger partial charge < -0.3 is 14.7 Å². The highest BCUT2D eigenvalue weighted by Crippen LogP contribution is 1.94. The maximum absolute atomic E-state index is 11.5. The fourth-order valence-corrected chi connectivity index (χ4v) is 1.12. The van der Waals surface area contributed by atoms with Crippen molar-refractivity contribution in [2.45, 2.75) is 26.7 Å². The van der Waals surface area contributed by atoms with Crippen LogP contribution in [-0.2, 0) is 14.3 Å². The molecule has 5 nitrogen and oxygen atoms in total. The lowest BCUT2D eigenvalue weighted by molar-refractivity contribution is -0.146. The van der Waals surface area contributed by atoms with Crippen molar-refractivity contribution >= 4 is 11.9 Å². The summed E-state index contributed by atoms with van der Waals surface area (Å²) in [7, 11) is 0. The van der Waals surface area contributed by atoms with Gasteiger partial charge in [0.15, 0.2) is 0 Å². The molecular formula is C10H19NO4. The largest absolute Gasteiger partial charge is 0.480 e. The number of hydrogen-bond acceptors (Lipinski definition) is 3. The molecule has 0 saturated carbocycles. The highest BCUT2D eigenvalue weighted by molar-refractivity contribution is 5.82. The second-order valence-corrected chi connectivity index (χ2v) is 3.26.